The van der Waals surface area contributed by atoms with E-state index in [-0.39, 0.29) is 18.5 Å². The predicted molar refractivity (Wildman–Crippen MR) is 101 cm³/mol. The van der Waals surface area contributed by atoms with Crippen LogP contribution >= 0.6 is 15.9 Å². The van der Waals surface area contributed by atoms with Gasteiger partial charge in [-0.15, -0.1) is 0 Å². The van der Waals surface area contributed by atoms with E-state index >= 15 is 0 Å². The molecule has 25 heavy (non-hydrogen) atoms. The van der Waals surface area contributed by atoms with Crippen LogP contribution in [0, 0.1) is 5.92 Å². The molecule has 1 atom stereocenters. The lowest BCUT2D eigenvalue weighted by molar-refractivity contribution is 0.0562. The summed E-state index contributed by atoms with van der Waals surface area (Å²) in [7, 11) is 0. The Morgan fingerprint density at radius 3 is 2.76 bits per heavy atom. The van der Waals surface area contributed by atoms with Gasteiger partial charge in [-0.25, -0.2) is 0 Å². The summed E-state index contributed by atoms with van der Waals surface area (Å²) in [5.41, 5.74) is 1.16. The van der Waals surface area contributed by atoms with Gasteiger partial charge in [0.1, 0.15) is 5.69 Å². The summed E-state index contributed by atoms with van der Waals surface area (Å²) in [5, 5.41) is 17.8. The van der Waals surface area contributed by atoms with Gasteiger partial charge >= 0.3 is 0 Å². The average molecular weight is 406 g/mol. The molecule has 0 bridgehead atoms. The number of benzene rings is 1. The van der Waals surface area contributed by atoms with Gasteiger partial charge in [-0.05, 0) is 57.7 Å². The maximum absolute atomic E-state index is 12.7. The van der Waals surface area contributed by atoms with Crippen LogP contribution in [-0.4, -0.2) is 32.4 Å². The molecule has 1 aromatic heterocycles. The Morgan fingerprint density at radius 1 is 1.44 bits per heavy atom. The summed E-state index contributed by atoms with van der Waals surface area (Å²) in [6, 6.07) is 9.75. The Bertz CT molecular complexity index is 775. The molecule has 1 amide bonds. The standard InChI is InChI=1S/C19H24BrN3O2/c1-12(13-7-8-13)21-18(24)17-10-16(14-5-4-6-15(20)9-14)22-23(17)11-19(2,3)25/h4-6,9-10,12-13,25H,7-8,11H2,1-3H3,(H,21,24). The van der Waals surface area contributed by atoms with Gasteiger partial charge in [0.05, 0.1) is 17.8 Å². The van der Waals surface area contributed by atoms with Gasteiger partial charge in [-0.3, -0.25) is 9.48 Å². The molecular formula is C19H24BrN3O2. The van der Waals surface area contributed by atoms with E-state index in [9.17, 15) is 9.90 Å². The zero-order valence-electron chi connectivity index (χ0n) is 14.8. The molecule has 2 aromatic rings. The molecule has 1 saturated carbocycles. The van der Waals surface area contributed by atoms with Gasteiger partial charge in [0, 0.05) is 16.1 Å². The minimum absolute atomic E-state index is 0.141. The van der Waals surface area contributed by atoms with Crippen molar-refractivity contribution >= 4 is 21.8 Å². The molecule has 2 N–H and O–H groups in total. The van der Waals surface area contributed by atoms with Crippen molar-refractivity contribution in [3.05, 3.63) is 40.5 Å². The van der Waals surface area contributed by atoms with Gasteiger partial charge < -0.3 is 10.4 Å². The molecule has 6 heteroatoms. The highest BCUT2D eigenvalue weighted by Gasteiger charge is 2.30. The lowest BCUT2D eigenvalue weighted by atomic mass is 10.1. The zero-order chi connectivity index (χ0) is 18.2. The first-order valence-electron chi connectivity index (χ1n) is 8.60. The summed E-state index contributed by atoms with van der Waals surface area (Å²) in [5.74, 6) is 0.441. The maximum atomic E-state index is 12.7. The maximum Gasteiger partial charge on any atom is 0.269 e. The van der Waals surface area contributed by atoms with E-state index in [1.807, 2.05) is 31.2 Å². The van der Waals surface area contributed by atoms with Crippen LogP contribution < -0.4 is 5.32 Å². The fourth-order valence-electron chi connectivity index (χ4n) is 2.87. The Kier molecular flexibility index (Phi) is 5.02. The van der Waals surface area contributed by atoms with Crippen molar-refractivity contribution in [3.63, 3.8) is 0 Å². The van der Waals surface area contributed by atoms with Crippen LogP contribution in [-0.2, 0) is 6.54 Å². The zero-order valence-corrected chi connectivity index (χ0v) is 16.4. The molecule has 1 aliphatic rings. The molecule has 0 aliphatic heterocycles. The fourth-order valence-corrected chi connectivity index (χ4v) is 3.27. The number of nitrogens with one attached hydrogen (secondary N) is 1. The second-order valence-electron chi connectivity index (χ2n) is 7.49. The second-order valence-corrected chi connectivity index (χ2v) is 8.41. The first-order valence-corrected chi connectivity index (χ1v) is 9.39. The number of carbonyl (C=O) groups excluding carboxylic acids is 1. The lowest BCUT2D eigenvalue weighted by Crippen LogP contribution is -2.37. The SMILES string of the molecule is CC(NC(=O)c1cc(-c2cccc(Br)c2)nn1CC(C)(C)O)C1CC1. The van der Waals surface area contributed by atoms with Gasteiger partial charge in [-0.1, -0.05) is 28.1 Å². The third-order valence-corrected chi connectivity index (χ3v) is 4.85. The Balaban J connectivity index is 1.92. The summed E-state index contributed by atoms with van der Waals surface area (Å²) >= 11 is 3.46. The van der Waals surface area contributed by atoms with Gasteiger partial charge in [0.25, 0.3) is 5.91 Å². The number of nitrogens with zero attached hydrogens (tertiary/aromatic N) is 2. The van der Waals surface area contributed by atoms with Crippen molar-refractivity contribution < 1.29 is 9.90 Å². The molecular weight excluding hydrogens is 382 g/mol. The summed E-state index contributed by atoms with van der Waals surface area (Å²) in [4.78, 5) is 12.7. The van der Waals surface area contributed by atoms with Crippen molar-refractivity contribution in [2.45, 2.75) is 51.8 Å². The van der Waals surface area contributed by atoms with Gasteiger partial charge in [-0.2, -0.15) is 5.10 Å². The van der Waals surface area contributed by atoms with Gasteiger partial charge in [0.15, 0.2) is 0 Å². The number of aromatic nitrogens is 2. The highest BCUT2D eigenvalue weighted by Crippen LogP contribution is 2.32. The van der Waals surface area contributed by atoms with Crippen LogP contribution in [0.25, 0.3) is 11.3 Å². The number of carbonyl (C=O) groups is 1. The number of halogens is 1. The van der Waals surface area contributed by atoms with Crippen LogP contribution in [0.2, 0.25) is 0 Å². The average Bonchev–Trinajstić information content (AvgIpc) is 3.27. The molecule has 134 valence electrons. The Hall–Kier alpha value is -1.66. The van der Waals surface area contributed by atoms with Crippen LogP contribution in [0.4, 0.5) is 0 Å². The molecule has 0 spiro atoms. The van der Waals surface area contributed by atoms with Crippen LogP contribution in [0.3, 0.4) is 0 Å². The predicted octanol–water partition coefficient (Wildman–Crippen LogP) is 3.61. The van der Waals surface area contributed by atoms with Crippen LogP contribution in [0.15, 0.2) is 34.8 Å². The largest absolute Gasteiger partial charge is 0.389 e. The fraction of sp³-hybridized carbons (Fsp3) is 0.474. The van der Waals surface area contributed by atoms with E-state index in [1.165, 1.54) is 12.8 Å². The molecule has 5 nitrogen and oxygen atoms in total. The summed E-state index contributed by atoms with van der Waals surface area (Å²) < 4.78 is 2.56. The Morgan fingerprint density at radius 2 is 2.16 bits per heavy atom. The van der Waals surface area contributed by atoms with E-state index < -0.39 is 5.60 Å². The van der Waals surface area contributed by atoms with E-state index in [0.29, 0.717) is 11.6 Å². The lowest BCUT2D eigenvalue weighted by Gasteiger charge is -2.19. The van der Waals surface area contributed by atoms with Gasteiger partial charge in [0.2, 0.25) is 0 Å². The van der Waals surface area contributed by atoms with Crippen molar-refractivity contribution in [2.75, 3.05) is 0 Å². The molecule has 0 radical (unpaired) electrons. The first-order chi connectivity index (χ1) is 11.7. The topological polar surface area (TPSA) is 67.2 Å². The highest BCUT2D eigenvalue weighted by molar-refractivity contribution is 9.10. The third kappa shape index (κ3) is 4.70. The molecule has 1 heterocycles. The van der Waals surface area contributed by atoms with Crippen LogP contribution in [0.5, 0.6) is 0 Å². The second kappa shape index (κ2) is 6.92. The summed E-state index contributed by atoms with van der Waals surface area (Å²) in [6.07, 6.45) is 2.35. The van der Waals surface area contributed by atoms with Crippen molar-refractivity contribution in [1.82, 2.24) is 15.1 Å². The summed E-state index contributed by atoms with van der Waals surface area (Å²) in [6.45, 7) is 5.72. The van der Waals surface area contributed by atoms with E-state index in [0.717, 1.165) is 15.7 Å². The minimum atomic E-state index is -0.961. The van der Waals surface area contributed by atoms with E-state index in [1.54, 1.807) is 24.6 Å². The van der Waals surface area contributed by atoms with Crippen molar-refractivity contribution in [3.8, 4) is 11.3 Å². The highest BCUT2D eigenvalue weighted by atomic mass is 79.9. The molecule has 1 aliphatic carbocycles. The minimum Gasteiger partial charge on any atom is -0.389 e. The number of aliphatic hydroxyl groups is 1. The Labute approximate surface area is 156 Å². The quantitative estimate of drug-likeness (QED) is 0.770. The molecule has 1 fully saturated rings. The van der Waals surface area contributed by atoms with Crippen molar-refractivity contribution in [2.24, 2.45) is 5.92 Å². The first kappa shape index (κ1) is 18.1. The number of hydrogen-bond donors (Lipinski definition) is 2. The monoisotopic (exact) mass is 405 g/mol. The normalized spacial score (nSPS) is 15.9. The van der Waals surface area contributed by atoms with Crippen molar-refractivity contribution in [1.29, 1.82) is 0 Å². The molecule has 1 aromatic carbocycles. The van der Waals surface area contributed by atoms with Crippen LogP contribution in [0.1, 0.15) is 44.1 Å². The molecule has 3 rings (SSSR count). The van der Waals surface area contributed by atoms with E-state index in [4.69, 9.17) is 0 Å². The number of amides is 1. The third-order valence-electron chi connectivity index (χ3n) is 4.36. The van der Waals surface area contributed by atoms with E-state index in [2.05, 4.69) is 26.3 Å². The molecule has 0 saturated heterocycles. The molecule has 1 unspecified atom stereocenters. The number of hydrogen-bond acceptors (Lipinski definition) is 3. The smallest absolute Gasteiger partial charge is 0.269 e. The number of rotatable bonds is 6.